The van der Waals surface area contributed by atoms with Crippen LogP contribution < -0.4 is 5.32 Å². The van der Waals surface area contributed by atoms with Crippen LogP contribution in [0.25, 0.3) is 0 Å². The van der Waals surface area contributed by atoms with Crippen molar-refractivity contribution in [2.24, 2.45) is 0 Å². The van der Waals surface area contributed by atoms with Crippen LogP contribution in [0, 0.1) is 6.92 Å². The number of aromatic carboxylic acids is 1. The van der Waals surface area contributed by atoms with Crippen LogP contribution in [0.3, 0.4) is 0 Å². The van der Waals surface area contributed by atoms with Crippen LogP contribution in [0.4, 0.5) is 0 Å². The number of aryl methyl sites for hydroxylation is 1. The Bertz CT molecular complexity index is 619. The lowest BCUT2D eigenvalue weighted by atomic mass is 10.1. The summed E-state index contributed by atoms with van der Waals surface area (Å²) in [6.45, 7) is 2.42. The molecule has 1 aromatic heterocycles. The van der Waals surface area contributed by atoms with Crippen molar-refractivity contribution in [1.29, 1.82) is 0 Å². The van der Waals surface area contributed by atoms with E-state index in [1.807, 2.05) is 31.2 Å². The van der Waals surface area contributed by atoms with E-state index in [1.165, 1.54) is 12.1 Å². The second-order valence-corrected chi connectivity index (χ2v) is 5.22. The van der Waals surface area contributed by atoms with Crippen molar-refractivity contribution >= 4 is 23.2 Å². The summed E-state index contributed by atoms with van der Waals surface area (Å²) in [5, 5.41) is 11.6. The van der Waals surface area contributed by atoms with Gasteiger partial charge in [0.25, 0.3) is 5.91 Å². The number of hydrogen-bond acceptors (Lipinski definition) is 3. The maximum absolute atomic E-state index is 11.8. The quantitative estimate of drug-likeness (QED) is 0.901. The van der Waals surface area contributed by atoms with Gasteiger partial charge in [-0.3, -0.25) is 4.79 Å². The monoisotopic (exact) mass is 275 g/mol. The first-order valence-electron chi connectivity index (χ1n) is 5.73. The normalized spacial score (nSPS) is 10.2. The highest BCUT2D eigenvalue weighted by atomic mass is 32.1. The van der Waals surface area contributed by atoms with E-state index >= 15 is 0 Å². The van der Waals surface area contributed by atoms with Crippen LogP contribution in [0.15, 0.2) is 36.4 Å². The number of carboxylic acid groups (broad SMARTS) is 1. The molecule has 0 atom stereocenters. The lowest BCUT2D eigenvalue weighted by molar-refractivity contribution is 0.0702. The molecule has 0 aliphatic rings. The highest BCUT2D eigenvalue weighted by Crippen LogP contribution is 2.16. The van der Waals surface area contributed by atoms with Gasteiger partial charge >= 0.3 is 5.97 Å². The van der Waals surface area contributed by atoms with E-state index in [9.17, 15) is 9.59 Å². The number of carbonyl (C=O) groups is 2. The van der Waals surface area contributed by atoms with E-state index in [-0.39, 0.29) is 10.8 Å². The first-order chi connectivity index (χ1) is 9.06. The SMILES string of the molecule is Cc1cccc(CNC(=O)c2ccc(C(=O)O)s2)c1. The summed E-state index contributed by atoms with van der Waals surface area (Å²) in [7, 11) is 0. The molecule has 2 N–H and O–H groups in total. The van der Waals surface area contributed by atoms with E-state index in [4.69, 9.17) is 5.11 Å². The number of thiophene rings is 1. The number of nitrogens with one attached hydrogen (secondary N) is 1. The van der Waals surface area contributed by atoms with E-state index in [2.05, 4.69) is 5.32 Å². The molecule has 0 bridgehead atoms. The van der Waals surface area contributed by atoms with Gasteiger partial charge in [0.05, 0.1) is 4.88 Å². The van der Waals surface area contributed by atoms with Crippen molar-refractivity contribution in [2.45, 2.75) is 13.5 Å². The minimum atomic E-state index is -1.01. The molecule has 1 amide bonds. The Balaban J connectivity index is 1.99. The number of benzene rings is 1. The Morgan fingerprint density at radius 2 is 1.95 bits per heavy atom. The van der Waals surface area contributed by atoms with Crippen molar-refractivity contribution in [3.8, 4) is 0 Å². The van der Waals surface area contributed by atoms with E-state index < -0.39 is 5.97 Å². The highest BCUT2D eigenvalue weighted by Gasteiger charge is 2.12. The highest BCUT2D eigenvalue weighted by molar-refractivity contribution is 7.15. The van der Waals surface area contributed by atoms with Gasteiger partial charge in [-0.05, 0) is 24.6 Å². The third-order valence-electron chi connectivity index (χ3n) is 2.58. The van der Waals surface area contributed by atoms with Gasteiger partial charge in [0.15, 0.2) is 0 Å². The Kier molecular flexibility index (Phi) is 3.97. The van der Waals surface area contributed by atoms with Gasteiger partial charge in [-0.25, -0.2) is 4.79 Å². The maximum atomic E-state index is 11.8. The fraction of sp³-hybridized carbons (Fsp3) is 0.143. The predicted octanol–water partition coefficient (Wildman–Crippen LogP) is 2.68. The zero-order chi connectivity index (χ0) is 13.8. The van der Waals surface area contributed by atoms with Gasteiger partial charge in [-0.1, -0.05) is 29.8 Å². The summed E-state index contributed by atoms with van der Waals surface area (Å²) in [5.74, 6) is -1.26. The second kappa shape index (κ2) is 5.67. The first-order valence-corrected chi connectivity index (χ1v) is 6.55. The van der Waals surface area contributed by atoms with Crippen molar-refractivity contribution < 1.29 is 14.7 Å². The molecule has 0 unspecified atom stereocenters. The van der Waals surface area contributed by atoms with Gasteiger partial charge < -0.3 is 10.4 Å². The van der Waals surface area contributed by atoms with Crippen LogP contribution in [0.1, 0.15) is 30.5 Å². The summed E-state index contributed by atoms with van der Waals surface area (Å²) in [5.41, 5.74) is 2.15. The van der Waals surface area contributed by atoms with Crippen molar-refractivity contribution in [1.82, 2.24) is 5.32 Å². The number of hydrogen-bond donors (Lipinski definition) is 2. The number of amides is 1. The Labute approximate surface area is 114 Å². The molecule has 98 valence electrons. The third-order valence-corrected chi connectivity index (χ3v) is 3.65. The minimum absolute atomic E-state index is 0.167. The molecule has 4 nitrogen and oxygen atoms in total. The average molecular weight is 275 g/mol. The van der Waals surface area contributed by atoms with Crippen molar-refractivity contribution in [3.63, 3.8) is 0 Å². The fourth-order valence-corrected chi connectivity index (χ4v) is 2.43. The smallest absolute Gasteiger partial charge is 0.345 e. The summed E-state index contributed by atoms with van der Waals surface area (Å²) in [6, 6.07) is 10.8. The molecule has 1 heterocycles. The molecule has 19 heavy (non-hydrogen) atoms. The zero-order valence-corrected chi connectivity index (χ0v) is 11.2. The Morgan fingerprint density at radius 3 is 2.58 bits per heavy atom. The third kappa shape index (κ3) is 3.42. The number of rotatable bonds is 4. The lowest BCUT2D eigenvalue weighted by Crippen LogP contribution is -2.21. The molecule has 0 saturated heterocycles. The van der Waals surface area contributed by atoms with Gasteiger partial charge in [0.1, 0.15) is 4.88 Å². The molecule has 1 aromatic carbocycles. The van der Waals surface area contributed by atoms with Crippen molar-refractivity contribution in [2.75, 3.05) is 0 Å². The maximum Gasteiger partial charge on any atom is 0.345 e. The van der Waals surface area contributed by atoms with E-state index in [1.54, 1.807) is 0 Å². The molecule has 0 spiro atoms. The van der Waals surface area contributed by atoms with Gasteiger partial charge in [-0.15, -0.1) is 11.3 Å². The molecule has 2 aromatic rings. The predicted molar refractivity (Wildman–Crippen MR) is 73.6 cm³/mol. The molecule has 0 fully saturated rings. The van der Waals surface area contributed by atoms with Crippen LogP contribution in [-0.2, 0) is 6.54 Å². The van der Waals surface area contributed by atoms with Crippen LogP contribution in [0.2, 0.25) is 0 Å². The molecule has 2 rings (SSSR count). The zero-order valence-electron chi connectivity index (χ0n) is 10.3. The molecule has 0 aliphatic carbocycles. The average Bonchev–Trinajstić information content (AvgIpc) is 2.86. The molecule has 0 aliphatic heterocycles. The van der Waals surface area contributed by atoms with E-state index in [0.29, 0.717) is 11.4 Å². The number of carboxylic acids is 1. The summed E-state index contributed by atoms with van der Waals surface area (Å²) < 4.78 is 0. The molecule has 0 radical (unpaired) electrons. The first kappa shape index (κ1) is 13.3. The fourth-order valence-electron chi connectivity index (χ4n) is 1.67. The summed E-state index contributed by atoms with van der Waals surface area (Å²) >= 11 is 0.976. The van der Waals surface area contributed by atoms with Crippen LogP contribution in [0.5, 0.6) is 0 Å². The standard InChI is InChI=1S/C14H13NO3S/c1-9-3-2-4-10(7-9)8-15-13(16)11-5-6-12(19-11)14(17)18/h2-7H,8H2,1H3,(H,15,16)(H,17,18). The lowest BCUT2D eigenvalue weighted by Gasteiger charge is -2.04. The Hall–Kier alpha value is -2.14. The van der Waals surface area contributed by atoms with Crippen molar-refractivity contribution in [3.05, 3.63) is 57.3 Å². The van der Waals surface area contributed by atoms with Crippen LogP contribution in [-0.4, -0.2) is 17.0 Å². The minimum Gasteiger partial charge on any atom is -0.477 e. The van der Waals surface area contributed by atoms with Gasteiger partial charge in [-0.2, -0.15) is 0 Å². The van der Waals surface area contributed by atoms with Gasteiger partial charge in [0.2, 0.25) is 0 Å². The summed E-state index contributed by atoms with van der Waals surface area (Å²) in [6.07, 6.45) is 0. The molecule has 0 saturated carbocycles. The Morgan fingerprint density at radius 1 is 1.21 bits per heavy atom. The van der Waals surface area contributed by atoms with Crippen LogP contribution >= 0.6 is 11.3 Å². The summed E-state index contributed by atoms with van der Waals surface area (Å²) in [4.78, 5) is 23.2. The molecular formula is C14H13NO3S. The topological polar surface area (TPSA) is 66.4 Å². The van der Waals surface area contributed by atoms with Gasteiger partial charge in [0, 0.05) is 6.54 Å². The molecule has 5 heteroatoms. The second-order valence-electron chi connectivity index (χ2n) is 4.14. The molecular weight excluding hydrogens is 262 g/mol. The van der Waals surface area contributed by atoms with E-state index in [0.717, 1.165) is 22.5 Å². The number of carbonyl (C=O) groups excluding carboxylic acids is 1. The largest absolute Gasteiger partial charge is 0.477 e.